The Hall–Kier alpha value is -3.02. The van der Waals surface area contributed by atoms with Crippen LogP contribution >= 0.6 is 0 Å². The van der Waals surface area contributed by atoms with E-state index >= 15 is 0 Å². The van der Waals surface area contributed by atoms with Crippen molar-refractivity contribution < 1.29 is 19.1 Å². The van der Waals surface area contributed by atoms with Gasteiger partial charge in [-0.1, -0.05) is 12.1 Å². The minimum Gasteiger partial charge on any atom is -0.497 e. The van der Waals surface area contributed by atoms with E-state index in [-0.39, 0.29) is 24.3 Å². The molecule has 1 aliphatic rings. The van der Waals surface area contributed by atoms with Crippen molar-refractivity contribution in [3.63, 3.8) is 0 Å². The predicted octanol–water partition coefficient (Wildman–Crippen LogP) is 2.24. The van der Waals surface area contributed by atoms with Crippen molar-refractivity contribution in [3.05, 3.63) is 54.1 Å². The molecule has 6 nitrogen and oxygen atoms in total. The number of amides is 2. The summed E-state index contributed by atoms with van der Waals surface area (Å²) in [6.45, 7) is 0.432. The van der Waals surface area contributed by atoms with Crippen molar-refractivity contribution in [2.24, 2.45) is 0 Å². The third-order valence-electron chi connectivity index (χ3n) is 4.16. The zero-order chi connectivity index (χ0) is 17.8. The summed E-state index contributed by atoms with van der Waals surface area (Å²) in [7, 11) is 3.14. The van der Waals surface area contributed by atoms with Crippen molar-refractivity contribution in [2.75, 3.05) is 25.7 Å². The Kier molecular flexibility index (Phi) is 4.88. The summed E-state index contributed by atoms with van der Waals surface area (Å²) in [4.78, 5) is 26.4. The van der Waals surface area contributed by atoms with Crippen LogP contribution in [-0.4, -0.2) is 38.6 Å². The average Bonchev–Trinajstić information content (AvgIpc) is 3.02. The molecule has 25 heavy (non-hydrogen) atoms. The van der Waals surface area contributed by atoms with E-state index in [0.29, 0.717) is 23.6 Å². The maximum Gasteiger partial charge on any atom is 0.251 e. The molecule has 0 aliphatic carbocycles. The van der Waals surface area contributed by atoms with E-state index in [0.717, 1.165) is 5.69 Å². The molecule has 3 rings (SSSR count). The number of hydrogen-bond acceptors (Lipinski definition) is 4. The first-order valence-electron chi connectivity index (χ1n) is 8.00. The summed E-state index contributed by atoms with van der Waals surface area (Å²) in [5, 5.41) is 2.92. The van der Waals surface area contributed by atoms with E-state index in [4.69, 9.17) is 9.47 Å². The fourth-order valence-corrected chi connectivity index (χ4v) is 2.87. The lowest BCUT2D eigenvalue weighted by molar-refractivity contribution is -0.117. The Morgan fingerprint density at radius 2 is 1.76 bits per heavy atom. The van der Waals surface area contributed by atoms with Crippen LogP contribution in [0.25, 0.3) is 0 Å². The maximum atomic E-state index is 12.4. The third-order valence-corrected chi connectivity index (χ3v) is 4.16. The molecule has 1 unspecified atom stereocenters. The van der Waals surface area contributed by atoms with Gasteiger partial charge in [-0.2, -0.15) is 0 Å². The molecule has 6 heteroatoms. The Morgan fingerprint density at radius 1 is 1.08 bits per heavy atom. The summed E-state index contributed by atoms with van der Waals surface area (Å²) in [5.74, 6) is 1.07. The fourth-order valence-electron chi connectivity index (χ4n) is 2.87. The molecule has 130 valence electrons. The summed E-state index contributed by atoms with van der Waals surface area (Å²) in [6.07, 6.45) is 0.271. The molecule has 2 amide bonds. The van der Waals surface area contributed by atoms with Gasteiger partial charge in [-0.25, -0.2) is 0 Å². The van der Waals surface area contributed by atoms with Gasteiger partial charge >= 0.3 is 0 Å². The van der Waals surface area contributed by atoms with Gasteiger partial charge in [0.2, 0.25) is 5.91 Å². The standard InChI is InChI=1S/C19H20N2O4/c1-24-16-7-3-5-13(9-16)19(23)20-14-10-18(22)21(12-14)15-6-4-8-17(11-15)25-2/h3-9,11,14H,10,12H2,1-2H3,(H,20,23). The quantitative estimate of drug-likeness (QED) is 0.906. The molecule has 1 fully saturated rings. The highest BCUT2D eigenvalue weighted by Crippen LogP contribution is 2.25. The first-order valence-corrected chi connectivity index (χ1v) is 8.00. The zero-order valence-electron chi connectivity index (χ0n) is 14.2. The average molecular weight is 340 g/mol. The van der Waals surface area contributed by atoms with Gasteiger partial charge in [0.15, 0.2) is 0 Å². The smallest absolute Gasteiger partial charge is 0.251 e. The van der Waals surface area contributed by atoms with Crippen LogP contribution in [0, 0.1) is 0 Å². The molecule has 1 heterocycles. The minimum atomic E-state index is -0.239. The van der Waals surface area contributed by atoms with Crippen molar-refractivity contribution in [2.45, 2.75) is 12.5 Å². The number of carbonyl (C=O) groups excluding carboxylic acids is 2. The first-order chi connectivity index (χ1) is 12.1. The molecule has 1 aliphatic heterocycles. The molecule has 0 aromatic heterocycles. The molecular formula is C19H20N2O4. The Balaban J connectivity index is 1.68. The number of benzene rings is 2. The van der Waals surface area contributed by atoms with Gasteiger partial charge in [-0.3, -0.25) is 9.59 Å². The van der Waals surface area contributed by atoms with Crippen molar-refractivity contribution in [1.29, 1.82) is 0 Å². The summed E-state index contributed by atoms with van der Waals surface area (Å²) in [5.41, 5.74) is 1.27. The van der Waals surface area contributed by atoms with Gasteiger partial charge in [0.05, 0.1) is 20.3 Å². The molecule has 1 atom stereocenters. The molecule has 1 saturated heterocycles. The largest absolute Gasteiger partial charge is 0.497 e. The summed E-state index contributed by atoms with van der Waals surface area (Å²) < 4.78 is 10.3. The number of nitrogens with one attached hydrogen (secondary N) is 1. The van der Waals surface area contributed by atoms with E-state index in [2.05, 4.69) is 5.32 Å². The van der Waals surface area contributed by atoms with Crippen LogP contribution in [0.2, 0.25) is 0 Å². The van der Waals surface area contributed by atoms with Gasteiger partial charge < -0.3 is 19.7 Å². The highest BCUT2D eigenvalue weighted by atomic mass is 16.5. The summed E-state index contributed by atoms with van der Waals surface area (Å²) >= 11 is 0. The van der Waals surface area contributed by atoms with E-state index in [1.807, 2.05) is 24.3 Å². The molecule has 0 saturated carbocycles. The van der Waals surface area contributed by atoms with Crippen molar-refractivity contribution in [3.8, 4) is 11.5 Å². The van der Waals surface area contributed by atoms with E-state index in [1.165, 1.54) is 0 Å². The summed E-state index contributed by atoms with van der Waals surface area (Å²) in [6, 6.07) is 14.0. The maximum absolute atomic E-state index is 12.4. The highest BCUT2D eigenvalue weighted by Gasteiger charge is 2.32. The topological polar surface area (TPSA) is 67.9 Å². The van der Waals surface area contributed by atoms with Gasteiger partial charge in [-0.15, -0.1) is 0 Å². The van der Waals surface area contributed by atoms with Crippen LogP contribution in [0.4, 0.5) is 5.69 Å². The first kappa shape index (κ1) is 16.8. The number of nitrogens with zero attached hydrogens (tertiary/aromatic N) is 1. The number of anilines is 1. The number of hydrogen-bond donors (Lipinski definition) is 1. The fraction of sp³-hybridized carbons (Fsp3) is 0.263. The second kappa shape index (κ2) is 7.25. The van der Waals surface area contributed by atoms with Gasteiger partial charge in [-0.05, 0) is 30.3 Å². The van der Waals surface area contributed by atoms with E-state index < -0.39 is 0 Å². The van der Waals surface area contributed by atoms with Crippen molar-refractivity contribution >= 4 is 17.5 Å². The van der Waals surface area contributed by atoms with Crippen LogP contribution in [0.15, 0.2) is 48.5 Å². The SMILES string of the molecule is COc1cccc(C(=O)NC2CC(=O)N(c3cccc(OC)c3)C2)c1. The number of rotatable bonds is 5. The van der Waals surface area contributed by atoms with E-state index in [1.54, 1.807) is 43.4 Å². The number of ether oxygens (including phenoxy) is 2. The van der Waals surface area contributed by atoms with Gasteiger partial charge in [0.25, 0.3) is 5.91 Å². The second-order valence-corrected chi connectivity index (χ2v) is 5.81. The lowest BCUT2D eigenvalue weighted by atomic mass is 10.1. The lowest BCUT2D eigenvalue weighted by Crippen LogP contribution is -2.37. The molecule has 0 radical (unpaired) electrons. The third kappa shape index (κ3) is 3.74. The van der Waals surface area contributed by atoms with Crippen LogP contribution in [0.3, 0.4) is 0 Å². The molecule has 2 aromatic rings. The monoisotopic (exact) mass is 340 g/mol. The van der Waals surface area contributed by atoms with Crippen LogP contribution in [0.1, 0.15) is 16.8 Å². The number of carbonyl (C=O) groups is 2. The molecular weight excluding hydrogens is 320 g/mol. The lowest BCUT2D eigenvalue weighted by Gasteiger charge is -2.18. The zero-order valence-corrected chi connectivity index (χ0v) is 14.2. The second-order valence-electron chi connectivity index (χ2n) is 5.81. The van der Waals surface area contributed by atoms with Crippen molar-refractivity contribution in [1.82, 2.24) is 5.32 Å². The minimum absolute atomic E-state index is 0.0239. The van der Waals surface area contributed by atoms with Crippen LogP contribution in [0.5, 0.6) is 11.5 Å². The van der Waals surface area contributed by atoms with E-state index in [9.17, 15) is 9.59 Å². The van der Waals surface area contributed by atoms with Gasteiger partial charge in [0.1, 0.15) is 11.5 Å². The Labute approximate surface area is 146 Å². The predicted molar refractivity (Wildman–Crippen MR) is 94.2 cm³/mol. The van der Waals surface area contributed by atoms with Crippen LogP contribution < -0.4 is 19.7 Å². The molecule has 2 aromatic carbocycles. The molecule has 0 spiro atoms. The number of methoxy groups -OCH3 is 2. The van der Waals surface area contributed by atoms with Crippen LogP contribution in [-0.2, 0) is 4.79 Å². The molecule has 1 N–H and O–H groups in total. The Bertz CT molecular complexity index is 790. The Morgan fingerprint density at radius 3 is 2.48 bits per heavy atom. The van der Waals surface area contributed by atoms with Gasteiger partial charge in [0, 0.05) is 30.3 Å². The highest BCUT2D eigenvalue weighted by molar-refractivity contribution is 5.99. The molecule has 0 bridgehead atoms. The normalized spacial score (nSPS) is 16.6.